The Balaban J connectivity index is 5.04. The minimum Gasteiger partial charge on any atom is -0.396 e. The van der Waals surface area contributed by atoms with Gasteiger partial charge in [-0.2, -0.15) is 0 Å². The van der Waals surface area contributed by atoms with E-state index in [1.807, 2.05) is 13.0 Å². The summed E-state index contributed by atoms with van der Waals surface area (Å²) in [4.78, 5) is 4.39. The number of allylic oxidation sites excluding steroid dienone is 2. The molecule has 0 saturated heterocycles. The molecule has 0 spiro atoms. The first-order chi connectivity index (χ1) is 10.9. The number of rotatable bonds is 12. The highest BCUT2D eigenvalue weighted by molar-refractivity contribution is 5.99. The molecule has 0 rings (SSSR count). The molecule has 0 aliphatic rings. The van der Waals surface area contributed by atoms with Gasteiger partial charge in [-0.25, -0.2) is 0 Å². The van der Waals surface area contributed by atoms with E-state index in [0.717, 1.165) is 18.5 Å². The number of hydrogen-bond acceptors (Lipinski definition) is 5. The van der Waals surface area contributed by atoms with Crippen molar-refractivity contribution >= 4 is 11.9 Å². The first kappa shape index (κ1) is 21.5. The molecular formula is C18H34N4O. The average Bonchev–Trinajstić information content (AvgIpc) is 2.51. The summed E-state index contributed by atoms with van der Waals surface area (Å²) in [7, 11) is 0. The minimum atomic E-state index is 0.0458. The SMILES string of the molecule is C=CC(CC(C)C)C(C)CC(/N=C\C)=C(\N)C(=N)CNCCO. The Morgan fingerprint density at radius 2 is 2.04 bits per heavy atom. The summed E-state index contributed by atoms with van der Waals surface area (Å²) in [5.74, 6) is 1.39. The van der Waals surface area contributed by atoms with Gasteiger partial charge in [0.1, 0.15) is 0 Å². The summed E-state index contributed by atoms with van der Waals surface area (Å²) in [6.45, 7) is 13.2. The molecule has 0 aromatic carbocycles. The minimum absolute atomic E-state index is 0.0458. The molecule has 2 atom stereocenters. The van der Waals surface area contributed by atoms with Crippen molar-refractivity contribution in [3.05, 3.63) is 24.0 Å². The molecule has 2 unspecified atom stereocenters. The van der Waals surface area contributed by atoms with Crippen molar-refractivity contribution < 1.29 is 5.11 Å². The monoisotopic (exact) mass is 322 g/mol. The Labute approximate surface area is 141 Å². The predicted octanol–water partition coefficient (Wildman–Crippen LogP) is 2.72. The summed E-state index contributed by atoms with van der Waals surface area (Å²) in [6.07, 6.45) is 5.54. The van der Waals surface area contributed by atoms with Gasteiger partial charge in [0.2, 0.25) is 0 Å². The van der Waals surface area contributed by atoms with E-state index in [0.29, 0.717) is 42.3 Å². The second-order valence-corrected chi connectivity index (χ2v) is 6.34. The quantitative estimate of drug-likeness (QED) is 0.253. The van der Waals surface area contributed by atoms with E-state index < -0.39 is 0 Å². The smallest absolute Gasteiger partial charge is 0.0757 e. The molecule has 0 bridgehead atoms. The van der Waals surface area contributed by atoms with Crippen LogP contribution in [0.15, 0.2) is 29.0 Å². The number of nitrogens with one attached hydrogen (secondary N) is 2. The molecule has 0 aromatic heterocycles. The number of nitrogens with two attached hydrogens (primary N) is 1. The Morgan fingerprint density at radius 3 is 2.52 bits per heavy atom. The van der Waals surface area contributed by atoms with Gasteiger partial charge in [0.25, 0.3) is 0 Å². The van der Waals surface area contributed by atoms with E-state index in [-0.39, 0.29) is 6.61 Å². The number of hydrogen-bond donors (Lipinski definition) is 4. The second kappa shape index (κ2) is 12.0. The van der Waals surface area contributed by atoms with Gasteiger partial charge >= 0.3 is 0 Å². The summed E-state index contributed by atoms with van der Waals surface area (Å²) >= 11 is 0. The zero-order valence-electron chi connectivity index (χ0n) is 15.1. The molecular weight excluding hydrogens is 288 g/mol. The average molecular weight is 322 g/mol. The highest BCUT2D eigenvalue weighted by Crippen LogP contribution is 2.27. The van der Waals surface area contributed by atoms with Crippen LogP contribution < -0.4 is 11.1 Å². The molecule has 132 valence electrons. The van der Waals surface area contributed by atoms with E-state index >= 15 is 0 Å². The summed E-state index contributed by atoms with van der Waals surface area (Å²) < 4.78 is 0. The zero-order valence-corrected chi connectivity index (χ0v) is 15.1. The molecule has 0 radical (unpaired) electrons. The third-order valence-electron chi connectivity index (χ3n) is 3.80. The van der Waals surface area contributed by atoms with Crippen LogP contribution in [-0.4, -0.2) is 36.7 Å². The van der Waals surface area contributed by atoms with Crippen LogP contribution in [0.5, 0.6) is 0 Å². The number of aliphatic hydroxyl groups excluding tert-OH is 1. The maximum absolute atomic E-state index is 8.78. The largest absolute Gasteiger partial charge is 0.396 e. The van der Waals surface area contributed by atoms with Gasteiger partial charge in [-0.1, -0.05) is 26.8 Å². The molecule has 0 aliphatic heterocycles. The highest BCUT2D eigenvalue weighted by atomic mass is 16.3. The molecule has 23 heavy (non-hydrogen) atoms. The molecule has 0 heterocycles. The van der Waals surface area contributed by atoms with Crippen molar-refractivity contribution in [1.82, 2.24) is 5.32 Å². The zero-order chi connectivity index (χ0) is 17.8. The van der Waals surface area contributed by atoms with Crippen LogP contribution in [0.4, 0.5) is 0 Å². The maximum atomic E-state index is 8.78. The first-order valence-corrected chi connectivity index (χ1v) is 8.36. The lowest BCUT2D eigenvalue weighted by Crippen LogP contribution is -2.29. The van der Waals surface area contributed by atoms with Gasteiger partial charge in [0.05, 0.1) is 23.7 Å². The van der Waals surface area contributed by atoms with Crippen molar-refractivity contribution in [3.63, 3.8) is 0 Å². The Hall–Kier alpha value is -1.46. The molecule has 0 saturated carbocycles. The molecule has 5 heteroatoms. The van der Waals surface area contributed by atoms with Crippen molar-refractivity contribution in [2.45, 2.75) is 40.5 Å². The van der Waals surface area contributed by atoms with Gasteiger partial charge in [-0.05, 0) is 37.5 Å². The molecule has 5 N–H and O–H groups in total. The fourth-order valence-corrected chi connectivity index (χ4v) is 2.51. The van der Waals surface area contributed by atoms with Crippen LogP contribution >= 0.6 is 0 Å². The van der Waals surface area contributed by atoms with E-state index in [9.17, 15) is 0 Å². The van der Waals surface area contributed by atoms with E-state index in [2.05, 4.69) is 37.7 Å². The van der Waals surface area contributed by atoms with Gasteiger partial charge < -0.3 is 21.6 Å². The van der Waals surface area contributed by atoms with Gasteiger partial charge in [0, 0.05) is 19.3 Å². The standard InChI is InChI=1S/C18H34N4O/c1-6-15(10-13(3)4)14(5)11-17(22-7-2)18(20)16(19)12-21-8-9-23/h6-7,13-15,19,21,23H,1,8-12,20H2,2-5H3/b18-17+,19-16?,22-7-. The predicted molar refractivity (Wildman–Crippen MR) is 100.0 cm³/mol. The molecule has 0 fully saturated rings. The summed E-state index contributed by atoms with van der Waals surface area (Å²) in [5, 5.41) is 19.8. The van der Waals surface area contributed by atoms with Crippen LogP contribution in [0.2, 0.25) is 0 Å². The van der Waals surface area contributed by atoms with Crippen LogP contribution in [0.1, 0.15) is 40.5 Å². The molecule has 0 aromatic rings. The summed E-state index contributed by atoms with van der Waals surface area (Å²) in [6, 6.07) is 0. The maximum Gasteiger partial charge on any atom is 0.0757 e. The van der Waals surface area contributed by atoms with Crippen molar-refractivity contribution in [3.8, 4) is 0 Å². The number of aliphatic hydroxyl groups is 1. The van der Waals surface area contributed by atoms with Crippen LogP contribution in [0.25, 0.3) is 0 Å². The topological polar surface area (TPSA) is 94.5 Å². The van der Waals surface area contributed by atoms with Gasteiger partial charge in [0.15, 0.2) is 0 Å². The number of nitrogens with zero attached hydrogens (tertiary/aromatic N) is 1. The third-order valence-corrected chi connectivity index (χ3v) is 3.80. The highest BCUT2D eigenvalue weighted by Gasteiger charge is 2.19. The first-order valence-electron chi connectivity index (χ1n) is 8.36. The Kier molecular flexibility index (Phi) is 11.3. The number of aliphatic imine (C=N–C) groups is 1. The van der Waals surface area contributed by atoms with Gasteiger partial charge in [-0.15, -0.1) is 6.58 Å². The van der Waals surface area contributed by atoms with Crippen molar-refractivity contribution in [2.24, 2.45) is 28.5 Å². The Morgan fingerprint density at radius 1 is 1.39 bits per heavy atom. The second-order valence-electron chi connectivity index (χ2n) is 6.34. The third kappa shape index (κ3) is 8.67. The lowest BCUT2D eigenvalue weighted by atomic mass is 9.83. The lowest BCUT2D eigenvalue weighted by molar-refractivity contribution is 0.295. The van der Waals surface area contributed by atoms with Crippen LogP contribution in [0.3, 0.4) is 0 Å². The lowest BCUT2D eigenvalue weighted by Gasteiger charge is -2.23. The van der Waals surface area contributed by atoms with E-state index in [4.69, 9.17) is 16.2 Å². The van der Waals surface area contributed by atoms with Gasteiger partial charge in [-0.3, -0.25) is 4.99 Å². The van der Waals surface area contributed by atoms with Crippen molar-refractivity contribution in [1.29, 1.82) is 5.41 Å². The molecule has 5 nitrogen and oxygen atoms in total. The normalized spacial score (nSPS) is 15.6. The fraction of sp³-hybridized carbons (Fsp3) is 0.667. The fourth-order valence-electron chi connectivity index (χ4n) is 2.51. The van der Waals surface area contributed by atoms with Crippen molar-refractivity contribution in [2.75, 3.05) is 19.7 Å². The van der Waals surface area contributed by atoms with Crippen LogP contribution in [0, 0.1) is 23.2 Å². The van der Waals surface area contributed by atoms with Crippen LogP contribution in [-0.2, 0) is 0 Å². The van der Waals surface area contributed by atoms with E-state index in [1.54, 1.807) is 6.21 Å². The molecule has 0 amide bonds. The molecule has 0 aliphatic carbocycles. The van der Waals surface area contributed by atoms with E-state index in [1.165, 1.54) is 0 Å². The Bertz CT molecular complexity index is 427. The summed E-state index contributed by atoms with van der Waals surface area (Å²) in [5.41, 5.74) is 7.62.